The third-order valence-electron chi connectivity index (χ3n) is 2.29. The number of rotatable bonds is 5. The van der Waals surface area contributed by atoms with E-state index in [1.165, 1.54) is 17.5 Å². The smallest absolute Gasteiger partial charge is 0.00217 e. The zero-order chi connectivity index (χ0) is 10.4. The standard InChI is InChI=1S/C13H19N.H2O/c1-4-12-7-9-13(10-8-12)6-5-11-14(2)3;/h4,7-10H,1,5-6,11H2,2-3H3;1H2. The number of hydrogen-bond donors (Lipinski definition) is 0. The van der Waals surface area contributed by atoms with Gasteiger partial charge in [0.1, 0.15) is 0 Å². The molecule has 0 saturated heterocycles. The summed E-state index contributed by atoms with van der Waals surface area (Å²) in [6.45, 7) is 4.90. The lowest BCUT2D eigenvalue weighted by Crippen LogP contribution is -2.13. The van der Waals surface area contributed by atoms with Crippen LogP contribution in [0.4, 0.5) is 0 Å². The Bertz CT molecular complexity index is 277. The molecule has 0 aliphatic rings. The molecule has 0 radical (unpaired) electrons. The molecule has 0 aromatic heterocycles. The first kappa shape index (κ1) is 13.9. The first-order valence-corrected chi connectivity index (χ1v) is 5.08. The fourth-order valence-electron chi connectivity index (χ4n) is 1.42. The second-order valence-electron chi connectivity index (χ2n) is 3.85. The molecule has 2 N–H and O–H groups in total. The van der Waals surface area contributed by atoms with Crippen molar-refractivity contribution in [3.63, 3.8) is 0 Å². The molecule has 0 aliphatic heterocycles. The highest BCUT2D eigenvalue weighted by Gasteiger charge is 1.94. The average Bonchev–Trinajstić information content (AvgIpc) is 2.18. The van der Waals surface area contributed by atoms with Crippen molar-refractivity contribution in [3.8, 4) is 0 Å². The minimum Gasteiger partial charge on any atom is -0.412 e. The Balaban J connectivity index is 0.00000196. The molecule has 0 amide bonds. The summed E-state index contributed by atoms with van der Waals surface area (Å²) in [5.74, 6) is 0. The van der Waals surface area contributed by atoms with Gasteiger partial charge in [-0.05, 0) is 44.6 Å². The third-order valence-corrected chi connectivity index (χ3v) is 2.29. The molecule has 0 saturated carbocycles. The van der Waals surface area contributed by atoms with Crippen molar-refractivity contribution < 1.29 is 5.48 Å². The number of aryl methyl sites for hydroxylation is 1. The van der Waals surface area contributed by atoms with Gasteiger partial charge in [-0.2, -0.15) is 0 Å². The molecule has 1 aromatic carbocycles. The maximum Gasteiger partial charge on any atom is -0.00217 e. The van der Waals surface area contributed by atoms with Crippen molar-refractivity contribution in [2.24, 2.45) is 0 Å². The van der Waals surface area contributed by atoms with Gasteiger partial charge in [-0.3, -0.25) is 0 Å². The SMILES string of the molecule is C=Cc1ccc(CCCN(C)C)cc1.O. The van der Waals surface area contributed by atoms with Crippen LogP contribution in [-0.4, -0.2) is 31.0 Å². The Morgan fingerprint density at radius 3 is 2.27 bits per heavy atom. The Kier molecular flexibility index (Phi) is 6.67. The van der Waals surface area contributed by atoms with Gasteiger partial charge in [-0.1, -0.05) is 36.9 Å². The summed E-state index contributed by atoms with van der Waals surface area (Å²) in [6.07, 6.45) is 4.26. The van der Waals surface area contributed by atoms with Crippen LogP contribution in [0.5, 0.6) is 0 Å². The molecule has 1 aromatic rings. The second-order valence-corrected chi connectivity index (χ2v) is 3.85. The van der Waals surface area contributed by atoms with Crippen LogP contribution in [0, 0.1) is 0 Å². The molecule has 0 unspecified atom stereocenters. The molecular weight excluding hydrogens is 186 g/mol. The molecular formula is C13H21NO. The van der Waals surface area contributed by atoms with E-state index >= 15 is 0 Å². The number of hydrogen-bond acceptors (Lipinski definition) is 1. The Morgan fingerprint density at radius 2 is 1.80 bits per heavy atom. The van der Waals surface area contributed by atoms with E-state index in [2.05, 4.69) is 49.8 Å². The van der Waals surface area contributed by atoms with Crippen LogP contribution in [0.3, 0.4) is 0 Å². The molecule has 0 fully saturated rings. The Hall–Kier alpha value is -1.12. The lowest BCUT2D eigenvalue weighted by Gasteiger charge is -2.08. The van der Waals surface area contributed by atoms with E-state index in [9.17, 15) is 0 Å². The number of benzene rings is 1. The van der Waals surface area contributed by atoms with Crippen LogP contribution in [0.25, 0.3) is 6.08 Å². The highest BCUT2D eigenvalue weighted by Crippen LogP contribution is 2.07. The van der Waals surface area contributed by atoms with Crippen molar-refractivity contribution >= 4 is 6.08 Å². The predicted octanol–water partition coefficient (Wildman–Crippen LogP) is 2.00. The maximum absolute atomic E-state index is 3.74. The fourth-order valence-corrected chi connectivity index (χ4v) is 1.42. The first-order valence-electron chi connectivity index (χ1n) is 5.08. The van der Waals surface area contributed by atoms with Crippen LogP contribution in [-0.2, 0) is 6.42 Å². The van der Waals surface area contributed by atoms with Gasteiger partial charge < -0.3 is 10.4 Å². The fraction of sp³-hybridized carbons (Fsp3) is 0.385. The van der Waals surface area contributed by atoms with Crippen molar-refractivity contribution in [1.82, 2.24) is 4.90 Å². The highest BCUT2D eigenvalue weighted by molar-refractivity contribution is 5.47. The van der Waals surface area contributed by atoms with Gasteiger partial charge in [-0.15, -0.1) is 0 Å². The molecule has 0 bridgehead atoms. The summed E-state index contributed by atoms with van der Waals surface area (Å²) in [5.41, 5.74) is 2.61. The summed E-state index contributed by atoms with van der Waals surface area (Å²) >= 11 is 0. The maximum atomic E-state index is 3.74. The van der Waals surface area contributed by atoms with Crippen molar-refractivity contribution in [2.75, 3.05) is 20.6 Å². The van der Waals surface area contributed by atoms with Gasteiger partial charge in [0, 0.05) is 0 Å². The van der Waals surface area contributed by atoms with Crippen LogP contribution < -0.4 is 0 Å². The molecule has 0 heterocycles. The van der Waals surface area contributed by atoms with E-state index in [1.54, 1.807) is 0 Å². The van der Waals surface area contributed by atoms with E-state index in [0.717, 1.165) is 13.0 Å². The third kappa shape index (κ3) is 5.35. The average molecular weight is 207 g/mol. The van der Waals surface area contributed by atoms with Gasteiger partial charge in [0.25, 0.3) is 0 Å². The molecule has 84 valence electrons. The quantitative estimate of drug-likeness (QED) is 0.727. The van der Waals surface area contributed by atoms with E-state index in [4.69, 9.17) is 0 Å². The Morgan fingerprint density at radius 1 is 1.20 bits per heavy atom. The van der Waals surface area contributed by atoms with Crippen molar-refractivity contribution in [1.29, 1.82) is 0 Å². The van der Waals surface area contributed by atoms with Crippen LogP contribution in [0.1, 0.15) is 17.5 Å². The van der Waals surface area contributed by atoms with Gasteiger partial charge in [0.15, 0.2) is 0 Å². The van der Waals surface area contributed by atoms with E-state index < -0.39 is 0 Å². The van der Waals surface area contributed by atoms with Gasteiger partial charge in [0.05, 0.1) is 0 Å². The lowest BCUT2D eigenvalue weighted by atomic mass is 10.1. The predicted molar refractivity (Wildman–Crippen MR) is 67.0 cm³/mol. The van der Waals surface area contributed by atoms with Crippen LogP contribution in [0.15, 0.2) is 30.8 Å². The zero-order valence-corrected chi connectivity index (χ0v) is 9.66. The summed E-state index contributed by atoms with van der Waals surface area (Å²) < 4.78 is 0. The summed E-state index contributed by atoms with van der Waals surface area (Å²) in [6, 6.07) is 8.62. The zero-order valence-electron chi connectivity index (χ0n) is 9.66. The highest BCUT2D eigenvalue weighted by atomic mass is 16.0. The van der Waals surface area contributed by atoms with Crippen LogP contribution in [0.2, 0.25) is 0 Å². The first-order chi connectivity index (χ1) is 6.72. The van der Waals surface area contributed by atoms with E-state index in [1.807, 2.05) is 6.08 Å². The normalized spacial score (nSPS) is 9.80. The lowest BCUT2D eigenvalue weighted by molar-refractivity contribution is 0.400. The minimum atomic E-state index is 0. The Labute approximate surface area is 92.5 Å². The molecule has 2 heteroatoms. The van der Waals surface area contributed by atoms with Gasteiger partial charge >= 0.3 is 0 Å². The summed E-state index contributed by atoms with van der Waals surface area (Å²) in [4.78, 5) is 2.22. The molecule has 1 rings (SSSR count). The largest absolute Gasteiger partial charge is 0.412 e. The summed E-state index contributed by atoms with van der Waals surface area (Å²) in [7, 11) is 4.22. The molecule has 0 atom stereocenters. The van der Waals surface area contributed by atoms with Crippen LogP contribution >= 0.6 is 0 Å². The van der Waals surface area contributed by atoms with Gasteiger partial charge in [0.2, 0.25) is 0 Å². The second kappa shape index (κ2) is 7.21. The van der Waals surface area contributed by atoms with E-state index in [0.29, 0.717) is 0 Å². The summed E-state index contributed by atoms with van der Waals surface area (Å²) in [5, 5.41) is 0. The van der Waals surface area contributed by atoms with Crippen molar-refractivity contribution in [3.05, 3.63) is 42.0 Å². The van der Waals surface area contributed by atoms with Gasteiger partial charge in [-0.25, -0.2) is 0 Å². The molecule has 15 heavy (non-hydrogen) atoms. The van der Waals surface area contributed by atoms with Crippen molar-refractivity contribution in [2.45, 2.75) is 12.8 Å². The molecule has 0 aliphatic carbocycles. The topological polar surface area (TPSA) is 34.7 Å². The molecule has 0 spiro atoms. The monoisotopic (exact) mass is 207 g/mol. The van der Waals surface area contributed by atoms with E-state index in [-0.39, 0.29) is 5.48 Å². The number of nitrogens with zero attached hydrogens (tertiary/aromatic N) is 1. The molecule has 2 nitrogen and oxygen atoms in total. The minimum absolute atomic E-state index is 0.